The molecule has 3 aromatic rings. The molecule has 0 unspecified atom stereocenters. The van der Waals surface area contributed by atoms with Crippen LogP contribution in [0.15, 0.2) is 36.5 Å². The molecule has 5 heteroatoms. The van der Waals surface area contributed by atoms with Crippen LogP contribution < -0.4 is 11.5 Å². The van der Waals surface area contributed by atoms with E-state index in [1.165, 1.54) is 0 Å². The Kier molecular flexibility index (Phi) is 2.13. The number of benzene rings is 1. The molecule has 0 fully saturated rings. The average Bonchev–Trinajstić information content (AvgIpc) is 2.37. The van der Waals surface area contributed by atoms with Gasteiger partial charge in [0.15, 0.2) is 0 Å². The number of nitrogens with two attached hydrogens (primary N) is 2. The molecule has 0 atom stereocenters. The van der Waals surface area contributed by atoms with E-state index in [-0.39, 0.29) is 11.4 Å². The van der Waals surface area contributed by atoms with Gasteiger partial charge < -0.3 is 11.5 Å². The Morgan fingerprint density at radius 3 is 2.67 bits per heavy atom. The van der Waals surface area contributed by atoms with Gasteiger partial charge in [-0.25, -0.2) is 4.98 Å². The molecule has 0 spiro atoms. The molecule has 0 saturated carbocycles. The second-order valence-electron chi connectivity index (χ2n) is 3.99. The molecule has 0 aliphatic carbocycles. The Morgan fingerprint density at radius 2 is 1.89 bits per heavy atom. The van der Waals surface area contributed by atoms with Gasteiger partial charge in [-0.1, -0.05) is 18.2 Å². The van der Waals surface area contributed by atoms with Crippen molar-refractivity contribution in [2.45, 2.75) is 0 Å². The van der Waals surface area contributed by atoms with Crippen molar-refractivity contribution < 1.29 is 4.79 Å². The lowest BCUT2D eigenvalue weighted by atomic mass is 10.1. The highest BCUT2D eigenvalue weighted by molar-refractivity contribution is 6.08. The van der Waals surface area contributed by atoms with Crippen LogP contribution in [0.3, 0.4) is 0 Å². The smallest absolute Gasteiger partial charge is 0.252 e. The van der Waals surface area contributed by atoms with E-state index in [0.717, 1.165) is 16.3 Å². The number of para-hydroxylation sites is 1. The first kappa shape index (κ1) is 10.5. The van der Waals surface area contributed by atoms with Crippen molar-refractivity contribution in [2.75, 3.05) is 5.73 Å². The van der Waals surface area contributed by atoms with E-state index in [9.17, 15) is 4.79 Å². The first-order valence-electron chi connectivity index (χ1n) is 5.40. The van der Waals surface area contributed by atoms with Gasteiger partial charge in [0, 0.05) is 10.8 Å². The number of hydrogen-bond donors (Lipinski definition) is 2. The Hall–Kier alpha value is -2.69. The normalized spacial score (nSPS) is 10.9. The number of carbonyl (C=O) groups excluding carboxylic acids is 1. The van der Waals surface area contributed by atoms with Crippen LogP contribution in [-0.2, 0) is 0 Å². The van der Waals surface area contributed by atoms with Gasteiger partial charge >= 0.3 is 0 Å². The number of rotatable bonds is 1. The highest BCUT2D eigenvalue weighted by Gasteiger charge is 2.11. The number of primary amides is 1. The monoisotopic (exact) mass is 238 g/mol. The number of pyridine rings is 2. The molecular formula is C13H10N4O. The molecule has 2 aromatic heterocycles. The van der Waals surface area contributed by atoms with Crippen LogP contribution in [0.25, 0.3) is 21.8 Å². The number of nitrogens with zero attached hydrogens (tertiary/aromatic N) is 2. The lowest BCUT2D eigenvalue weighted by molar-refractivity contribution is 0.100. The van der Waals surface area contributed by atoms with Crippen molar-refractivity contribution in [3.05, 3.63) is 42.1 Å². The SMILES string of the molecule is NC(=O)c1cc2c(cnc3ccccc32)nc1N. The summed E-state index contributed by atoms with van der Waals surface area (Å²) < 4.78 is 0. The van der Waals surface area contributed by atoms with Crippen molar-refractivity contribution in [2.24, 2.45) is 5.73 Å². The Bertz CT molecular complexity index is 782. The summed E-state index contributed by atoms with van der Waals surface area (Å²) in [5, 5.41) is 1.74. The molecule has 2 heterocycles. The zero-order valence-electron chi connectivity index (χ0n) is 9.42. The summed E-state index contributed by atoms with van der Waals surface area (Å²) in [7, 11) is 0. The molecule has 5 nitrogen and oxygen atoms in total. The predicted molar refractivity (Wildman–Crippen MR) is 70.0 cm³/mol. The fourth-order valence-corrected chi connectivity index (χ4v) is 2.00. The van der Waals surface area contributed by atoms with Gasteiger partial charge in [0.05, 0.1) is 22.8 Å². The standard InChI is InChI=1S/C13H10N4O/c14-12-9(13(15)18)5-8-7-3-1-2-4-10(7)16-6-11(8)17-12/h1-6H,(H2,14,17)(H2,15,18). The number of anilines is 1. The van der Waals surface area contributed by atoms with Gasteiger partial charge in [-0.3, -0.25) is 9.78 Å². The molecular weight excluding hydrogens is 228 g/mol. The Balaban J connectivity index is 2.49. The predicted octanol–water partition coefficient (Wildman–Crippen LogP) is 1.46. The summed E-state index contributed by atoms with van der Waals surface area (Å²) in [4.78, 5) is 19.7. The zero-order valence-corrected chi connectivity index (χ0v) is 9.42. The Morgan fingerprint density at radius 1 is 1.11 bits per heavy atom. The minimum Gasteiger partial charge on any atom is -0.383 e. The van der Waals surface area contributed by atoms with Crippen LogP contribution in [0.2, 0.25) is 0 Å². The lowest BCUT2D eigenvalue weighted by Gasteiger charge is -2.06. The summed E-state index contributed by atoms with van der Waals surface area (Å²) in [6.45, 7) is 0. The molecule has 0 aliphatic heterocycles. The maximum absolute atomic E-state index is 11.3. The van der Waals surface area contributed by atoms with Gasteiger partial charge in [0.2, 0.25) is 0 Å². The number of nitrogen functional groups attached to an aromatic ring is 1. The molecule has 88 valence electrons. The minimum atomic E-state index is -0.581. The van der Waals surface area contributed by atoms with Crippen molar-refractivity contribution in [3.63, 3.8) is 0 Å². The number of aromatic nitrogens is 2. The van der Waals surface area contributed by atoms with E-state index in [2.05, 4.69) is 9.97 Å². The van der Waals surface area contributed by atoms with Gasteiger partial charge in [-0.15, -0.1) is 0 Å². The fourth-order valence-electron chi connectivity index (χ4n) is 2.00. The largest absolute Gasteiger partial charge is 0.383 e. The molecule has 0 saturated heterocycles. The van der Waals surface area contributed by atoms with Crippen LogP contribution in [-0.4, -0.2) is 15.9 Å². The summed E-state index contributed by atoms with van der Waals surface area (Å²) in [6.07, 6.45) is 1.64. The van der Waals surface area contributed by atoms with Crippen LogP contribution >= 0.6 is 0 Å². The van der Waals surface area contributed by atoms with E-state index in [0.29, 0.717) is 5.52 Å². The van der Waals surface area contributed by atoms with E-state index in [1.54, 1.807) is 12.3 Å². The van der Waals surface area contributed by atoms with Crippen LogP contribution in [0.4, 0.5) is 5.82 Å². The maximum atomic E-state index is 11.3. The summed E-state index contributed by atoms with van der Waals surface area (Å²) in [5.74, 6) is -0.449. The number of carbonyl (C=O) groups is 1. The zero-order chi connectivity index (χ0) is 12.7. The molecule has 0 aliphatic rings. The van der Waals surface area contributed by atoms with Crippen molar-refractivity contribution in [1.29, 1.82) is 0 Å². The van der Waals surface area contributed by atoms with Gasteiger partial charge in [0.1, 0.15) is 5.82 Å². The summed E-state index contributed by atoms with van der Waals surface area (Å²) >= 11 is 0. The van der Waals surface area contributed by atoms with E-state index in [4.69, 9.17) is 11.5 Å². The highest BCUT2D eigenvalue weighted by Crippen LogP contribution is 2.24. The molecule has 3 rings (SSSR count). The molecule has 0 radical (unpaired) electrons. The highest BCUT2D eigenvalue weighted by atomic mass is 16.1. The molecule has 0 bridgehead atoms. The first-order chi connectivity index (χ1) is 8.66. The van der Waals surface area contributed by atoms with Crippen LogP contribution in [0.5, 0.6) is 0 Å². The van der Waals surface area contributed by atoms with E-state index >= 15 is 0 Å². The van der Waals surface area contributed by atoms with Gasteiger partial charge in [-0.2, -0.15) is 0 Å². The third kappa shape index (κ3) is 1.45. The van der Waals surface area contributed by atoms with Crippen LogP contribution in [0.1, 0.15) is 10.4 Å². The lowest BCUT2D eigenvalue weighted by Crippen LogP contribution is -2.14. The molecule has 1 amide bonds. The fraction of sp³-hybridized carbons (Fsp3) is 0. The Labute approximate surface area is 102 Å². The third-order valence-electron chi connectivity index (χ3n) is 2.87. The van der Waals surface area contributed by atoms with E-state index in [1.807, 2.05) is 24.3 Å². The number of amides is 1. The molecule has 4 N–H and O–H groups in total. The van der Waals surface area contributed by atoms with Crippen molar-refractivity contribution >= 4 is 33.5 Å². The summed E-state index contributed by atoms with van der Waals surface area (Å²) in [5.41, 5.74) is 12.7. The van der Waals surface area contributed by atoms with Gasteiger partial charge in [0.25, 0.3) is 5.91 Å². The second kappa shape index (κ2) is 3.66. The minimum absolute atomic E-state index is 0.132. The molecule has 1 aromatic carbocycles. The first-order valence-corrected chi connectivity index (χ1v) is 5.40. The quantitative estimate of drug-likeness (QED) is 0.627. The van der Waals surface area contributed by atoms with Gasteiger partial charge in [-0.05, 0) is 12.1 Å². The third-order valence-corrected chi connectivity index (χ3v) is 2.87. The second-order valence-corrected chi connectivity index (χ2v) is 3.99. The topological polar surface area (TPSA) is 94.9 Å². The molecule has 18 heavy (non-hydrogen) atoms. The van der Waals surface area contributed by atoms with Crippen molar-refractivity contribution in [3.8, 4) is 0 Å². The average molecular weight is 238 g/mol. The maximum Gasteiger partial charge on any atom is 0.252 e. The van der Waals surface area contributed by atoms with E-state index < -0.39 is 5.91 Å². The number of fused-ring (bicyclic) bond motifs is 3. The van der Waals surface area contributed by atoms with Crippen molar-refractivity contribution in [1.82, 2.24) is 9.97 Å². The summed E-state index contributed by atoms with van der Waals surface area (Å²) in [6, 6.07) is 9.30. The van der Waals surface area contributed by atoms with Crippen LogP contribution in [0, 0.1) is 0 Å². The number of hydrogen-bond acceptors (Lipinski definition) is 4.